The largest absolute Gasteiger partial charge is 0.378 e. The fourth-order valence-corrected chi connectivity index (χ4v) is 3.47. The van der Waals surface area contributed by atoms with Gasteiger partial charge in [-0.05, 0) is 26.2 Å². The minimum Gasteiger partial charge on any atom is -0.378 e. The lowest BCUT2D eigenvalue weighted by atomic mass is 10.1. The molecule has 0 aliphatic carbocycles. The zero-order valence-corrected chi connectivity index (χ0v) is 14.2. The number of aromatic nitrogens is 2. The Bertz CT molecular complexity index is 596. The Morgan fingerprint density at radius 3 is 2.38 bits per heavy atom. The highest BCUT2D eigenvalue weighted by molar-refractivity contribution is 5.71. The molecule has 0 unspecified atom stereocenters. The quantitative estimate of drug-likeness (QED) is 0.573. The number of nitrogens with zero attached hydrogens (tertiary/aromatic N) is 5. The maximum atomic E-state index is 11.5. The Labute approximate surface area is 141 Å². The van der Waals surface area contributed by atoms with E-state index in [1.165, 1.54) is 11.3 Å². The van der Waals surface area contributed by atoms with Crippen molar-refractivity contribution < 1.29 is 9.82 Å². The van der Waals surface area contributed by atoms with Gasteiger partial charge in [0.15, 0.2) is 0 Å². The van der Waals surface area contributed by atoms with Crippen LogP contribution in [0.3, 0.4) is 0 Å². The van der Waals surface area contributed by atoms with Crippen LogP contribution in [0.1, 0.15) is 26.2 Å². The molecule has 2 aliphatic heterocycles. The molecular weight excluding hydrogens is 310 g/mol. The molecule has 24 heavy (non-hydrogen) atoms. The van der Waals surface area contributed by atoms with Crippen molar-refractivity contribution >= 4 is 23.3 Å². The Morgan fingerprint density at radius 1 is 1.12 bits per heavy atom. The summed E-state index contributed by atoms with van der Waals surface area (Å²) in [6.07, 6.45) is 3.38. The van der Waals surface area contributed by atoms with Gasteiger partial charge < -0.3 is 20.4 Å². The maximum Gasteiger partial charge on any atom is 0.353 e. The zero-order valence-electron chi connectivity index (χ0n) is 14.2. The van der Waals surface area contributed by atoms with Crippen LogP contribution < -0.4 is 20.4 Å². The first-order valence-electron chi connectivity index (χ1n) is 8.75. The summed E-state index contributed by atoms with van der Waals surface area (Å²) in [7, 11) is 0. The fraction of sp³-hybridized carbons (Fsp3) is 0.733. The minimum absolute atomic E-state index is 0.0316. The normalized spacial score (nSPS) is 19.5. The number of rotatable bonds is 4. The molecule has 0 saturated carbocycles. The van der Waals surface area contributed by atoms with Crippen LogP contribution in [0.15, 0.2) is 0 Å². The molecule has 0 atom stereocenters. The van der Waals surface area contributed by atoms with Gasteiger partial charge in [-0.3, -0.25) is 10.1 Å². The van der Waals surface area contributed by atoms with Crippen molar-refractivity contribution in [2.24, 2.45) is 0 Å². The number of piperidine rings is 1. The van der Waals surface area contributed by atoms with Crippen LogP contribution in [-0.4, -0.2) is 60.7 Å². The molecule has 9 nitrogen and oxygen atoms in total. The summed E-state index contributed by atoms with van der Waals surface area (Å²) in [6.45, 7) is 8.40. The third-order valence-corrected chi connectivity index (χ3v) is 4.97. The molecular formula is C15H26N7O2+. The smallest absolute Gasteiger partial charge is 0.353 e. The molecule has 2 aliphatic rings. The molecule has 9 heteroatoms. The van der Waals surface area contributed by atoms with E-state index in [1.54, 1.807) is 0 Å². The van der Waals surface area contributed by atoms with Gasteiger partial charge in [-0.25, -0.2) is 0 Å². The van der Waals surface area contributed by atoms with Gasteiger partial charge in [0.1, 0.15) is 0 Å². The summed E-state index contributed by atoms with van der Waals surface area (Å²) >= 11 is 0. The molecule has 3 heterocycles. The maximum absolute atomic E-state index is 11.5. The summed E-state index contributed by atoms with van der Waals surface area (Å²) in [5.41, 5.74) is 5.78. The number of nitrogen functional groups attached to an aromatic ring is 1. The topological polar surface area (TPSA) is 106 Å². The lowest BCUT2D eigenvalue weighted by Crippen LogP contribution is -3.14. The number of hydrogen-bond acceptors (Lipinski definition) is 7. The summed E-state index contributed by atoms with van der Waals surface area (Å²) in [4.78, 5) is 25.4. The lowest BCUT2D eigenvalue weighted by Gasteiger charge is -2.33. The Kier molecular flexibility index (Phi) is 4.98. The lowest BCUT2D eigenvalue weighted by molar-refractivity contribution is -0.898. The van der Waals surface area contributed by atoms with Crippen LogP contribution in [0.2, 0.25) is 0 Å². The Balaban J connectivity index is 1.92. The summed E-state index contributed by atoms with van der Waals surface area (Å²) in [5.74, 6) is 0.872. The first-order valence-corrected chi connectivity index (χ1v) is 8.75. The van der Waals surface area contributed by atoms with Crippen LogP contribution in [0.4, 0.5) is 23.3 Å². The molecule has 2 saturated heterocycles. The Hall–Kier alpha value is -2.16. The molecule has 0 aromatic carbocycles. The van der Waals surface area contributed by atoms with Crippen molar-refractivity contribution in [3.63, 3.8) is 0 Å². The molecule has 0 amide bonds. The van der Waals surface area contributed by atoms with Crippen molar-refractivity contribution in [2.75, 3.05) is 61.3 Å². The highest BCUT2D eigenvalue weighted by Gasteiger charge is 2.31. The third kappa shape index (κ3) is 3.35. The predicted molar refractivity (Wildman–Crippen MR) is 92.6 cm³/mol. The van der Waals surface area contributed by atoms with Crippen LogP contribution in [0.5, 0.6) is 0 Å². The van der Waals surface area contributed by atoms with Gasteiger partial charge in [-0.1, -0.05) is 0 Å². The average molecular weight is 336 g/mol. The van der Waals surface area contributed by atoms with Gasteiger partial charge in [0, 0.05) is 13.1 Å². The molecule has 1 aromatic heterocycles. The summed E-state index contributed by atoms with van der Waals surface area (Å²) in [6, 6.07) is 0. The van der Waals surface area contributed by atoms with E-state index in [0.29, 0.717) is 11.8 Å². The van der Waals surface area contributed by atoms with Crippen LogP contribution in [0.25, 0.3) is 0 Å². The van der Waals surface area contributed by atoms with E-state index in [0.717, 1.165) is 58.7 Å². The molecule has 3 rings (SSSR count). The standard InChI is InChI=1S/C15H25N7O2/c1-2-19-8-10-20(11-9-19)14-12(22(23)24)13(16)17-15(18-14)21-6-4-3-5-7-21/h2-11H2,1H3,(H2,16,17,18)/p+1. The van der Waals surface area contributed by atoms with Crippen molar-refractivity contribution in [1.29, 1.82) is 0 Å². The van der Waals surface area contributed by atoms with Crippen molar-refractivity contribution in [3.05, 3.63) is 10.1 Å². The van der Waals surface area contributed by atoms with E-state index in [-0.39, 0.29) is 11.5 Å². The minimum atomic E-state index is -0.455. The van der Waals surface area contributed by atoms with E-state index in [2.05, 4.69) is 21.8 Å². The number of nitrogens with one attached hydrogen (secondary N) is 1. The van der Waals surface area contributed by atoms with Crippen molar-refractivity contribution in [2.45, 2.75) is 26.2 Å². The fourth-order valence-electron chi connectivity index (χ4n) is 3.47. The second kappa shape index (κ2) is 7.16. The molecule has 0 radical (unpaired) electrons. The monoisotopic (exact) mass is 336 g/mol. The molecule has 132 valence electrons. The number of nitrogens with two attached hydrogens (primary N) is 1. The van der Waals surface area contributed by atoms with E-state index >= 15 is 0 Å². The van der Waals surface area contributed by atoms with Gasteiger partial charge in [0.2, 0.25) is 17.6 Å². The van der Waals surface area contributed by atoms with Gasteiger partial charge in [0.25, 0.3) is 0 Å². The molecule has 0 bridgehead atoms. The first-order chi connectivity index (χ1) is 11.6. The summed E-state index contributed by atoms with van der Waals surface area (Å²) < 4.78 is 0. The second-order valence-corrected chi connectivity index (χ2v) is 6.48. The zero-order chi connectivity index (χ0) is 17.1. The molecule has 2 fully saturated rings. The van der Waals surface area contributed by atoms with Crippen LogP contribution in [0, 0.1) is 10.1 Å². The van der Waals surface area contributed by atoms with Crippen LogP contribution in [-0.2, 0) is 0 Å². The van der Waals surface area contributed by atoms with Gasteiger partial charge in [-0.2, -0.15) is 9.97 Å². The van der Waals surface area contributed by atoms with Crippen molar-refractivity contribution in [3.8, 4) is 0 Å². The van der Waals surface area contributed by atoms with E-state index in [9.17, 15) is 10.1 Å². The first kappa shape index (κ1) is 16.7. The number of likely N-dealkylation sites (N-methyl/N-ethyl adjacent to an activating group) is 1. The van der Waals surface area contributed by atoms with Crippen molar-refractivity contribution in [1.82, 2.24) is 9.97 Å². The highest BCUT2D eigenvalue weighted by Crippen LogP contribution is 2.33. The predicted octanol–water partition coefficient (Wildman–Crippen LogP) is -0.318. The third-order valence-electron chi connectivity index (χ3n) is 4.97. The van der Waals surface area contributed by atoms with E-state index in [1.807, 2.05) is 4.90 Å². The molecule has 0 spiro atoms. The summed E-state index contributed by atoms with van der Waals surface area (Å²) in [5, 5.41) is 11.5. The molecule has 1 aromatic rings. The van der Waals surface area contributed by atoms with Gasteiger partial charge in [0.05, 0.1) is 37.6 Å². The number of hydrogen-bond donors (Lipinski definition) is 2. The number of piperazine rings is 1. The van der Waals surface area contributed by atoms with Gasteiger partial charge >= 0.3 is 5.69 Å². The number of anilines is 3. The highest BCUT2D eigenvalue weighted by atomic mass is 16.6. The molecule has 3 N–H and O–H groups in total. The van der Waals surface area contributed by atoms with E-state index in [4.69, 9.17) is 5.73 Å². The second-order valence-electron chi connectivity index (χ2n) is 6.48. The van der Waals surface area contributed by atoms with Crippen LogP contribution >= 0.6 is 0 Å². The number of quaternary nitrogens is 1. The average Bonchev–Trinajstić information content (AvgIpc) is 2.61. The number of nitro groups is 1. The SMILES string of the molecule is CC[NH+]1CCN(c2nc(N3CCCCC3)nc(N)c2[N+](=O)[O-])CC1. The van der Waals surface area contributed by atoms with Gasteiger partial charge in [-0.15, -0.1) is 0 Å². The van der Waals surface area contributed by atoms with E-state index < -0.39 is 4.92 Å². The Morgan fingerprint density at radius 2 is 1.79 bits per heavy atom.